The van der Waals surface area contributed by atoms with Gasteiger partial charge in [0.15, 0.2) is 0 Å². The third-order valence-electron chi connectivity index (χ3n) is 2.95. The monoisotopic (exact) mass is 286 g/mol. The molecule has 0 spiro atoms. The molecule has 0 atom stereocenters. The second-order valence-electron chi connectivity index (χ2n) is 4.68. The summed E-state index contributed by atoms with van der Waals surface area (Å²) in [6, 6.07) is 0. The maximum absolute atomic E-state index is 12.0. The molecular weight excluding hydrogens is 260 g/mol. The van der Waals surface area contributed by atoms with Gasteiger partial charge in [0.05, 0.1) is 0 Å². The standard InChI is InChI=1S/C14H26N2O4/c1-4-9-16(10-5-2)13(18)8-7-12(17)15(6-3)11-14(19)20/h4-11H2,1-3H3,(H,19,20). The Hall–Kier alpha value is -1.59. The number of aliphatic carboxylic acids is 1. The molecule has 0 aliphatic heterocycles. The minimum Gasteiger partial charge on any atom is -0.480 e. The molecule has 0 saturated carbocycles. The molecule has 0 unspecified atom stereocenters. The van der Waals surface area contributed by atoms with Crippen molar-refractivity contribution in [1.82, 2.24) is 9.80 Å². The summed E-state index contributed by atoms with van der Waals surface area (Å²) >= 11 is 0. The van der Waals surface area contributed by atoms with Crippen LogP contribution < -0.4 is 0 Å². The van der Waals surface area contributed by atoms with E-state index in [1.165, 1.54) is 4.90 Å². The molecule has 2 amide bonds. The highest BCUT2D eigenvalue weighted by molar-refractivity contribution is 5.85. The molecule has 0 aliphatic rings. The average molecular weight is 286 g/mol. The van der Waals surface area contributed by atoms with E-state index in [-0.39, 0.29) is 31.2 Å². The van der Waals surface area contributed by atoms with Crippen LogP contribution in [0.25, 0.3) is 0 Å². The van der Waals surface area contributed by atoms with Crippen LogP contribution in [0.15, 0.2) is 0 Å². The molecule has 0 rings (SSSR count). The zero-order chi connectivity index (χ0) is 15.5. The van der Waals surface area contributed by atoms with E-state index in [1.807, 2.05) is 13.8 Å². The molecule has 0 aromatic rings. The summed E-state index contributed by atoms with van der Waals surface area (Å²) in [4.78, 5) is 37.5. The Morgan fingerprint density at radius 1 is 0.850 bits per heavy atom. The Morgan fingerprint density at radius 2 is 1.30 bits per heavy atom. The van der Waals surface area contributed by atoms with E-state index < -0.39 is 5.97 Å². The van der Waals surface area contributed by atoms with E-state index in [9.17, 15) is 14.4 Å². The molecule has 0 aromatic carbocycles. The first-order chi connectivity index (χ1) is 9.46. The first kappa shape index (κ1) is 18.4. The van der Waals surface area contributed by atoms with Gasteiger partial charge in [-0.05, 0) is 19.8 Å². The maximum atomic E-state index is 12.0. The molecule has 0 radical (unpaired) electrons. The lowest BCUT2D eigenvalue weighted by Gasteiger charge is -2.22. The lowest BCUT2D eigenvalue weighted by atomic mass is 10.2. The number of rotatable bonds is 10. The second kappa shape index (κ2) is 10.2. The predicted octanol–water partition coefficient (Wildman–Crippen LogP) is 1.35. The highest BCUT2D eigenvalue weighted by atomic mass is 16.4. The molecule has 0 saturated heterocycles. The van der Waals surface area contributed by atoms with Crippen LogP contribution in [-0.4, -0.2) is 58.9 Å². The van der Waals surface area contributed by atoms with Crippen molar-refractivity contribution in [1.29, 1.82) is 0 Å². The quantitative estimate of drug-likeness (QED) is 0.657. The van der Waals surface area contributed by atoms with Crippen molar-refractivity contribution >= 4 is 17.8 Å². The minimum atomic E-state index is -1.04. The summed E-state index contributed by atoms with van der Waals surface area (Å²) in [6.07, 6.45) is 2.00. The zero-order valence-electron chi connectivity index (χ0n) is 12.7. The molecule has 6 heteroatoms. The highest BCUT2D eigenvalue weighted by Gasteiger charge is 2.18. The smallest absolute Gasteiger partial charge is 0.323 e. The number of hydrogen-bond acceptors (Lipinski definition) is 3. The van der Waals surface area contributed by atoms with Gasteiger partial charge in [0.1, 0.15) is 6.54 Å². The van der Waals surface area contributed by atoms with Crippen molar-refractivity contribution in [3.63, 3.8) is 0 Å². The summed E-state index contributed by atoms with van der Waals surface area (Å²) in [6.45, 7) is 7.17. The summed E-state index contributed by atoms with van der Waals surface area (Å²) in [5, 5.41) is 8.70. The maximum Gasteiger partial charge on any atom is 0.323 e. The number of carboxylic acid groups (broad SMARTS) is 1. The van der Waals surface area contributed by atoms with Gasteiger partial charge in [0.2, 0.25) is 11.8 Å². The Kier molecular flexibility index (Phi) is 9.41. The molecular formula is C14H26N2O4. The van der Waals surface area contributed by atoms with Gasteiger partial charge in [-0.15, -0.1) is 0 Å². The topological polar surface area (TPSA) is 77.9 Å². The van der Waals surface area contributed by atoms with Crippen LogP contribution in [0.5, 0.6) is 0 Å². The van der Waals surface area contributed by atoms with Gasteiger partial charge in [-0.25, -0.2) is 0 Å². The zero-order valence-corrected chi connectivity index (χ0v) is 12.7. The lowest BCUT2D eigenvalue weighted by Crippen LogP contribution is -2.37. The Morgan fingerprint density at radius 3 is 1.65 bits per heavy atom. The molecule has 0 fully saturated rings. The lowest BCUT2D eigenvalue weighted by molar-refractivity contribution is -0.144. The van der Waals surface area contributed by atoms with Gasteiger partial charge < -0.3 is 14.9 Å². The molecule has 0 aromatic heterocycles. The van der Waals surface area contributed by atoms with Crippen molar-refractivity contribution in [2.45, 2.75) is 46.5 Å². The van der Waals surface area contributed by atoms with Gasteiger partial charge in [-0.3, -0.25) is 14.4 Å². The number of likely N-dealkylation sites (N-methyl/N-ethyl adjacent to an activating group) is 1. The Labute approximate surface area is 120 Å². The van der Waals surface area contributed by atoms with Crippen LogP contribution in [0, 0.1) is 0 Å². The molecule has 0 bridgehead atoms. The van der Waals surface area contributed by atoms with Gasteiger partial charge in [0.25, 0.3) is 0 Å². The Balaban J connectivity index is 4.32. The number of amides is 2. The number of carbonyl (C=O) groups excluding carboxylic acids is 2. The fraction of sp³-hybridized carbons (Fsp3) is 0.786. The van der Waals surface area contributed by atoms with Crippen LogP contribution in [-0.2, 0) is 14.4 Å². The van der Waals surface area contributed by atoms with Crippen LogP contribution >= 0.6 is 0 Å². The number of nitrogens with zero attached hydrogens (tertiary/aromatic N) is 2. The molecule has 20 heavy (non-hydrogen) atoms. The molecule has 1 N–H and O–H groups in total. The van der Waals surface area contributed by atoms with Gasteiger partial charge in [-0.1, -0.05) is 13.8 Å². The summed E-state index contributed by atoms with van der Waals surface area (Å²) in [7, 11) is 0. The van der Waals surface area contributed by atoms with Crippen molar-refractivity contribution in [3.05, 3.63) is 0 Å². The third-order valence-corrected chi connectivity index (χ3v) is 2.95. The minimum absolute atomic E-state index is 0.0339. The van der Waals surface area contributed by atoms with Crippen molar-refractivity contribution in [3.8, 4) is 0 Å². The first-order valence-corrected chi connectivity index (χ1v) is 7.23. The molecule has 116 valence electrons. The van der Waals surface area contributed by atoms with Gasteiger partial charge in [0, 0.05) is 32.5 Å². The van der Waals surface area contributed by atoms with Gasteiger partial charge in [-0.2, -0.15) is 0 Å². The predicted molar refractivity (Wildman–Crippen MR) is 76.3 cm³/mol. The number of carbonyl (C=O) groups is 3. The summed E-state index contributed by atoms with van der Waals surface area (Å²) < 4.78 is 0. The van der Waals surface area contributed by atoms with E-state index >= 15 is 0 Å². The first-order valence-electron chi connectivity index (χ1n) is 7.23. The molecule has 0 heterocycles. The van der Waals surface area contributed by atoms with Gasteiger partial charge >= 0.3 is 5.97 Å². The third kappa shape index (κ3) is 7.11. The molecule has 6 nitrogen and oxygen atoms in total. The number of hydrogen-bond donors (Lipinski definition) is 1. The molecule has 0 aliphatic carbocycles. The average Bonchev–Trinajstić information content (AvgIpc) is 2.41. The fourth-order valence-electron chi connectivity index (χ4n) is 1.97. The van der Waals surface area contributed by atoms with E-state index in [1.54, 1.807) is 11.8 Å². The van der Waals surface area contributed by atoms with Crippen LogP contribution in [0.2, 0.25) is 0 Å². The van der Waals surface area contributed by atoms with E-state index in [2.05, 4.69) is 0 Å². The van der Waals surface area contributed by atoms with Crippen molar-refractivity contribution < 1.29 is 19.5 Å². The SMILES string of the molecule is CCCN(CCC)C(=O)CCC(=O)N(CC)CC(=O)O. The number of carboxylic acids is 1. The fourth-order valence-corrected chi connectivity index (χ4v) is 1.97. The summed E-state index contributed by atoms with van der Waals surface area (Å²) in [5.74, 6) is -1.35. The summed E-state index contributed by atoms with van der Waals surface area (Å²) in [5.41, 5.74) is 0. The van der Waals surface area contributed by atoms with Crippen LogP contribution in [0.3, 0.4) is 0 Å². The largest absolute Gasteiger partial charge is 0.480 e. The van der Waals surface area contributed by atoms with Crippen LogP contribution in [0.1, 0.15) is 46.5 Å². The van der Waals surface area contributed by atoms with Crippen molar-refractivity contribution in [2.75, 3.05) is 26.2 Å². The normalized spacial score (nSPS) is 10.2. The van der Waals surface area contributed by atoms with E-state index in [4.69, 9.17) is 5.11 Å². The Bertz CT molecular complexity index is 325. The van der Waals surface area contributed by atoms with Crippen LogP contribution in [0.4, 0.5) is 0 Å². The van der Waals surface area contributed by atoms with E-state index in [0.29, 0.717) is 19.6 Å². The van der Waals surface area contributed by atoms with Crippen molar-refractivity contribution in [2.24, 2.45) is 0 Å². The van der Waals surface area contributed by atoms with E-state index in [0.717, 1.165) is 12.8 Å². The highest BCUT2D eigenvalue weighted by Crippen LogP contribution is 2.04. The second-order valence-corrected chi connectivity index (χ2v) is 4.68.